The zero-order valence-electron chi connectivity index (χ0n) is 15.0. The number of nitrogens with one attached hydrogen (secondary N) is 1. The number of piperidine rings is 1. The Morgan fingerprint density at radius 3 is 3.04 bits per heavy atom. The summed E-state index contributed by atoms with van der Waals surface area (Å²) in [5.74, 6) is 1.40. The molecule has 136 valence electrons. The third-order valence-electron chi connectivity index (χ3n) is 6.73. The van der Waals surface area contributed by atoms with Crippen molar-refractivity contribution in [3.05, 3.63) is 49.6 Å². The summed E-state index contributed by atoms with van der Waals surface area (Å²) in [6.45, 7) is 5.41. The minimum Gasteiger partial charge on any atom is -0.383 e. The Morgan fingerprint density at radius 2 is 2.30 bits per heavy atom. The van der Waals surface area contributed by atoms with E-state index in [0.29, 0.717) is 17.9 Å². The van der Waals surface area contributed by atoms with Gasteiger partial charge < -0.3 is 10.2 Å². The predicted molar refractivity (Wildman–Crippen MR) is 101 cm³/mol. The Kier molecular flexibility index (Phi) is 2.66. The Balaban J connectivity index is 1.28. The van der Waals surface area contributed by atoms with E-state index in [9.17, 15) is 4.79 Å². The highest BCUT2D eigenvalue weighted by Crippen LogP contribution is 2.85. The van der Waals surface area contributed by atoms with Crippen molar-refractivity contribution in [2.75, 3.05) is 18.4 Å². The van der Waals surface area contributed by atoms with Crippen molar-refractivity contribution < 1.29 is 4.79 Å². The Bertz CT molecular complexity index is 1110. The summed E-state index contributed by atoms with van der Waals surface area (Å²) in [5, 5.41) is 12.4. The van der Waals surface area contributed by atoms with Crippen LogP contribution in [0, 0.1) is 17.3 Å². The molecule has 5 heterocycles. The Hall–Kier alpha value is -3.09. The molecule has 7 rings (SSSR count). The van der Waals surface area contributed by atoms with Crippen LogP contribution in [0.1, 0.15) is 0 Å². The van der Waals surface area contributed by atoms with Crippen LogP contribution >= 0.6 is 0 Å². The van der Waals surface area contributed by atoms with Crippen molar-refractivity contribution in [1.29, 1.82) is 0 Å². The molecule has 1 unspecified atom stereocenters. The Morgan fingerprint density at radius 1 is 1.41 bits per heavy atom. The van der Waals surface area contributed by atoms with Gasteiger partial charge in [0.1, 0.15) is 0 Å². The van der Waals surface area contributed by atoms with E-state index in [4.69, 9.17) is 0 Å². The lowest BCUT2D eigenvalue weighted by atomic mass is 10.1. The summed E-state index contributed by atoms with van der Waals surface area (Å²) in [5.41, 5.74) is 4.55. The van der Waals surface area contributed by atoms with Crippen LogP contribution in [0.25, 0.3) is 16.6 Å². The number of nitrogens with zero attached hydrogens (tertiary/aromatic N) is 5. The molecule has 1 amide bonds. The minimum atomic E-state index is 0.0728. The number of amides is 1. The van der Waals surface area contributed by atoms with Crippen molar-refractivity contribution in [1.82, 2.24) is 24.3 Å². The van der Waals surface area contributed by atoms with E-state index in [1.807, 2.05) is 47.3 Å². The van der Waals surface area contributed by atoms with E-state index in [1.165, 1.54) is 6.08 Å². The minimum absolute atomic E-state index is 0.0728. The number of hydrogen-bond acceptors (Lipinski definition) is 4. The summed E-state index contributed by atoms with van der Waals surface area (Å²) in [6, 6.07) is 4.59. The number of pyridine rings is 1. The lowest BCUT2D eigenvalue weighted by Gasteiger charge is -2.16. The molecule has 2 bridgehead atoms. The molecule has 2 saturated heterocycles. The van der Waals surface area contributed by atoms with E-state index >= 15 is 0 Å². The molecule has 2 saturated carbocycles. The molecular weight excluding hydrogens is 340 g/mol. The van der Waals surface area contributed by atoms with Gasteiger partial charge in [0.25, 0.3) is 0 Å². The molecule has 2 aliphatic carbocycles. The maximum Gasteiger partial charge on any atom is 0.246 e. The van der Waals surface area contributed by atoms with Crippen LogP contribution in [0.3, 0.4) is 0 Å². The smallest absolute Gasteiger partial charge is 0.246 e. The zero-order valence-corrected chi connectivity index (χ0v) is 15.0. The fourth-order valence-corrected chi connectivity index (χ4v) is 5.30. The maximum absolute atomic E-state index is 12.0. The van der Waals surface area contributed by atoms with Crippen LogP contribution in [-0.2, 0) is 11.8 Å². The van der Waals surface area contributed by atoms with Gasteiger partial charge in [0.2, 0.25) is 5.91 Å². The monoisotopic (exact) mass is 360 g/mol. The van der Waals surface area contributed by atoms with Crippen molar-refractivity contribution in [3.63, 3.8) is 0 Å². The first-order chi connectivity index (χ1) is 13.1. The van der Waals surface area contributed by atoms with Gasteiger partial charge in [-0.2, -0.15) is 10.2 Å². The Labute approximate surface area is 156 Å². The van der Waals surface area contributed by atoms with Crippen molar-refractivity contribution in [3.8, 4) is 11.1 Å². The molecule has 4 atom stereocenters. The molecule has 0 spiro atoms. The van der Waals surface area contributed by atoms with Crippen LogP contribution in [0.15, 0.2) is 49.6 Å². The first-order valence-corrected chi connectivity index (χ1v) is 9.27. The molecule has 2 aliphatic heterocycles. The number of carbonyl (C=O) groups is 1. The van der Waals surface area contributed by atoms with E-state index in [1.54, 1.807) is 4.68 Å². The van der Waals surface area contributed by atoms with Crippen LogP contribution in [0.5, 0.6) is 0 Å². The van der Waals surface area contributed by atoms with Gasteiger partial charge in [-0.1, -0.05) is 6.58 Å². The highest BCUT2D eigenvalue weighted by atomic mass is 16.2. The van der Waals surface area contributed by atoms with E-state index in [2.05, 4.69) is 28.2 Å². The molecule has 0 radical (unpaired) electrons. The molecule has 0 aromatic carbocycles. The van der Waals surface area contributed by atoms with Gasteiger partial charge in [-0.25, -0.2) is 4.52 Å². The average Bonchev–Trinajstić information content (AvgIpc) is 3.17. The molecule has 4 fully saturated rings. The molecule has 3 aromatic rings. The third-order valence-corrected chi connectivity index (χ3v) is 6.73. The van der Waals surface area contributed by atoms with Crippen LogP contribution in [0.4, 0.5) is 5.69 Å². The number of anilines is 1. The normalized spacial score (nSPS) is 29.7. The topological polar surface area (TPSA) is 67.5 Å². The van der Waals surface area contributed by atoms with Crippen molar-refractivity contribution in [2.45, 2.75) is 6.04 Å². The highest BCUT2D eigenvalue weighted by Gasteiger charge is 2.92. The quantitative estimate of drug-likeness (QED) is 0.705. The largest absolute Gasteiger partial charge is 0.383 e. The standard InChI is InChI=1S/C20H20N6O/c1-3-17(27)25-10-14-18-19(25)20(14,18)11-21-15-6-12(13-7-23-24(2)8-13)9-26-16(15)4-5-22-26/h3-9,14,18-19,21H,1,10-11H2,2H3/t14-,18-,19?,20+/m0/s1. The molecular formula is C20H20N6O. The molecule has 7 nitrogen and oxygen atoms in total. The number of rotatable bonds is 5. The lowest BCUT2D eigenvalue weighted by molar-refractivity contribution is -0.125. The van der Waals surface area contributed by atoms with Crippen molar-refractivity contribution in [2.24, 2.45) is 24.3 Å². The maximum atomic E-state index is 12.0. The summed E-state index contributed by atoms with van der Waals surface area (Å²) in [7, 11) is 1.92. The molecule has 7 heteroatoms. The van der Waals surface area contributed by atoms with Gasteiger partial charge in [0.15, 0.2) is 0 Å². The summed E-state index contributed by atoms with van der Waals surface area (Å²) in [4.78, 5) is 14.0. The number of carbonyl (C=O) groups excluding carboxylic acids is 1. The van der Waals surface area contributed by atoms with Crippen LogP contribution < -0.4 is 5.32 Å². The third kappa shape index (κ3) is 1.83. The summed E-state index contributed by atoms with van der Waals surface area (Å²) in [6.07, 6.45) is 9.15. The van der Waals surface area contributed by atoms with Gasteiger partial charge >= 0.3 is 0 Å². The van der Waals surface area contributed by atoms with Gasteiger partial charge in [-0.05, 0) is 30.0 Å². The average molecular weight is 360 g/mol. The van der Waals surface area contributed by atoms with Crippen LogP contribution in [-0.4, -0.2) is 49.3 Å². The number of fused-ring (bicyclic) bond motifs is 2. The SMILES string of the molecule is C=CC(=O)N1C[C@H]2[C@H]3C1[C@@]32CNc1cc(-c2cnn(C)c2)cn2nccc12. The second-order valence-corrected chi connectivity index (χ2v) is 7.94. The van der Waals surface area contributed by atoms with Crippen molar-refractivity contribution >= 4 is 17.1 Å². The number of hydrogen-bond donors (Lipinski definition) is 1. The van der Waals surface area contributed by atoms with E-state index in [-0.39, 0.29) is 11.3 Å². The van der Waals surface area contributed by atoms with E-state index in [0.717, 1.165) is 35.4 Å². The molecule has 4 aliphatic rings. The van der Waals surface area contributed by atoms with E-state index < -0.39 is 0 Å². The first kappa shape index (κ1) is 15.0. The zero-order chi connectivity index (χ0) is 18.3. The molecule has 27 heavy (non-hydrogen) atoms. The lowest BCUT2D eigenvalue weighted by Crippen LogP contribution is -2.29. The predicted octanol–water partition coefficient (Wildman–Crippen LogP) is 1.79. The van der Waals surface area contributed by atoms with Gasteiger partial charge in [0, 0.05) is 55.1 Å². The van der Waals surface area contributed by atoms with Gasteiger partial charge in [-0.15, -0.1) is 0 Å². The first-order valence-electron chi connectivity index (χ1n) is 9.27. The number of aromatic nitrogens is 4. The molecule has 1 N–H and O–H groups in total. The fraction of sp³-hybridized carbons (Fsp3) is 0.350. The highest BCUT2D eigenvalue weighted by molar-refractivity contribution is 5.89. The second-order valence-electron chi connectivity index (χ2n) is 7.94. The summed E-state index contributed by atoms with van der Waals surface area (Å²) < 4.78 is 3.71. The fourth-order valence-electron chi connectivity index (χ4n) is 5.30. The number of aryl methyl sites for hydroxylation is 1. The van der Waals surface area contributed by atoms with Gasteiger partial charge in [0.05, 0.1) is 23.6 Å². The van der Waals surface area contributed by atoms with Gasteiger partial charge in [-0.3, -0.25) is 9.48 Å². The molecule has 3 aromatic heterocycles. The van der Waals surface area contributed by atoms with Crippen LogP contribution in [0.2, 0.25) is 0 Å². The second kappa shape index (κ2) is 4.79. The summed E-state index contributed by atoms with van der Waals surface area (Å²) >= 11 is 0.